The van der Waals surface area contributed by atoms with Crippen molar-refractivity contribution in [3.63, 3.8) is 0 Å². The summed E-state index contributed by atoms with van der Waals surface area (Å²) in [6.45, 7) is 5.56. The summed E-state index contributed by atoms with van der Waals surface area (Å²) in [6, 6.07) is -0.228. The number of hydrogen-bond acceptors (Lipinski definition) is 4. The fourth-order valence-electron chi connectivity index (χ4n) is 3.84. The van der Waals surface area contributed by atoms with Crippen LogP contribution in [-0.2, 0) is 19.1 Å². The van der Waals surface area contributed by atoms with Crippen LogP contribution in [0.25, 0.3) is 0 Å². The normalized spacial score (nSPS) is 22.0. The largest absolute Gasteiger partial charge is 0.457 e. The summed E-state index contributed by atoms with van der Waals surface area (Å²) >= 11 is 0. The minimum atomic E-state index is -0.362. The Morgan fingerprint density at radius 1 is 0.889 bits per heavy atom. The molecule has 158 valence electrons. The number of esters is 1. The van der Waals surface area contributed by atoms with Crippen LogP contribution in [0.1, 0.15) is 104 Å². The van der Waals surface area contributed by atoms with E-state index in [1.54, 1.807) is 0 Å². The third-order valence-electron chi connectivity index (χ3n) is 5.29. The minimum Gasteiger partial charge on any atom is -0.457 e. The zero-order valence-corrected chi connectivity index (χ0v) is 17.8. The van der Waals surface area contributed by atoms with Gasteiger partial charge in [0.05, 0.1) is 18.8 Å². The van der Waals surface area contributed by atoms with Gasteiger partial charge >= 0.3 is 5.97 Å². The zero-order valence-electron chi connectivity index (χ0n) is 17.8. The van der Waals surface area contributed by atoms with Crippen molar-refractivity contribution in [2.45, 2.75) is 122 Å². The average molecular weight is 384 g/mol. The molecule has 0 aromatic carbocycles. The lowest BCUT2D eigenvalue weighted by Gasteiger charge is -2.23. The third-order valence-corrected chi connectivity index (χ3v) is 5.29. The highest BCUT2D eigenvalue weighted by molar-refractivity contribution is 5.73. The van der Waals surface area contributed by atoms with Crippen molar-refractivity contribution >= 4 is 11.9 Å². The Kier molecular flexibility index (Phi) is 13.2. The highest BCUT2D eigenvalue weighted by atomic mass is 16.6. The van der Waals surface area contributed by atoms with E-state index < -0.39 is 0 Å². The zero-order chi connectivity index (χ0) is 19.9. The minimum absolute atomic E-state index is 0.103. The van der Waals surface area contributed by atoms with Crippen LogP contribution in [0.5, 0.6) is 0 Å². The van der Waals surface area contributed by atoms with Crippen molar-refractivity contribution in [3.8, 4) is 0 Å². The molecule has 0 aromatic rings. The first kappa shape index (κ1) is 23.9. The Morgan fingerprint density at radius 2 is 1.41 bits per heavy atom. The molecule has 5 heteroatoms. The summed E-state index contributed by atoms with van der Waals surface area (Å²) in [5.41, 5.74) is 0. The number of carbonyl (C=O) groups is 2. The fourth-order valence-corrected chi connectivity index (χ4v) is 3.84. The van der Waals surface area contributed by atoms with Crippen LogP contribution in [0.2, 0.25) is 0 Å². The smallest absolute Gasteiger partial charge is 0.303 e. The molecule has 5 nitrogen and oxygen atoms in total. The lowest BCUT2D eigenvalue weighted by Crippen LogP contribution is -2.45. The van der Waals surface area contributed by atoms with Gasteiger partial charge in [-0.15, -0.1) is 0 Å². The number of carbonyl (C=O) groups excluding carboxylic acids is 2. The summed E-state index contributed by atoms with van der Waals surface area (Å²) in [7, 11) is 0. The molecule has 0 saturated carbocycles. The summed E-state index contributed by atoms with van der Waals surface area (Å²) in [4.78, 5) is 22.7. The molecule has 0 aliphatic carbocycles. The molecule has 0 aromatic heterocycles. The monoisotopic (exact) mass is 383 g/mol. The molecular formula is C22H41NO4. The van der Waals surface area contributed by atoms with E-state index in [9.17, 15) is 9.59 Å². The first-order chi connectivity index (χ1) is 13.0. The standard InChI is InChI=1S/C22H41NO4/c1-4-5-6-7-8-9-10-11-12-13-14-15-16-21-22(27-19(3)25)20(17-26-21)23-18(2)24/h20-22H,4-17H2,1-3H3,(H,23,24)/t20-,21-,22-/m0/s1. The predicted molar refractivity (Wildman–Crippen MR) is 109 cm³/mol. The first-order valence-electron chi connectivity index (χ1n) is 11.1. The summed E-state index contributed by atoms with van der Waals surface area (Å²) in [6.07, 6.45) is 16.2. The number of nitrogens with one attached hydrogen (secondary N) is 1. The second kappa shape index (κ2) is 14.9. The molecule has 3 atom stereocenters. The van der Waals surface area contributed by atoms with Gasteiger partial charge in [0.2, 0.25) is 5.91 Å². The van der Waals surface area contributed by atoms with Crippen molar-refractivity contribution in [3.05, 3.63) is 0 Å². The number of ether oxygens (including phenoxy) is 2. The van der Waals surface area contributed by atoms with Gasteiger partial charge in [0.15, 0.2) is 6.10 Å². The number of rotatable bonds is 15. The van der Waals surface area contributed by atoms with E-state index in [0.29, 0.717) is 6.61 Å². The second-order valence-corrected chi connectivity index (χ2v) is 7.93. The van der Waals surface area contributed by atoms with E-state index in [2.05, 4.69) is 12.2 Å². The van der Waals surface area contributed by atoms with E-state index in [1.165, 1.54) is 84.5 Å². The quantitative estimate of drug-likeness (QED) is 0.322. The van der Waals surface area contributed by atoms with Gasteiger partial charge in [-0.3, -0.25) is 9.59 Å². The van der Waals surface area contributed by atoms with Crippen LogP contribution in [0.4, 0.5) is 0 Å². The van der Waals surface area contributed by atoms with Gasteiger partial charge in [0.25, 0.3) is 0 Å². The van der Waals surface area contributed by atoms with Crippen molar-refractivity contribution in [2.75, 3.05) is 6.61 Å². The van der Waals surface area contributed by atoms with E-state index in [4.69, 9.17) is 9.47 Å². The van der Waals surface area contributed by atoms with Gasteiger partial charge in [-0.25, -0.2) is 0 Å². The summed E-state index contributed by atoms with van der Waals surface area (Å²) in [5.74, 6) is -0.438. The van der Waals surface area contributed by atoms with Crippen LogP contribution < -0.4 is 5.32 Å². The molecule has 0 bridgehead atoms. The third kappa shape index (κ3) is 11.4. The second-order valence-electron chi connectivity index (χ2n) is 7.93. The van der Waals surface area contributed by atoms with Crippen molar-refractivity contribution in [1.82, 2.24) is 5.32 Å². The fraction of sp³-hybridized carbons (Fsp3) is 0.909. The lowest BCUT2D eigenvalue weighted by atomic mass is 10.0. The first-order valence-corrected chi connectivity index (χ1v) is 11.1. The molecule has 0 spiro atoms. The Bertz CT molecular complexity index is 413. The number of amides is 1. The highest BCUT2D eigenvalue weighted by Crippen LogP contribution is 2.23. The average Bonchev–Trinajstić information content (AvgIpc) is 2.96. The Balaban J connectivity index is 2.07. The maximum absolute atomic E-state index is 11.4. The van der Waals surface area contributed by atoms with Gasteiger partial charge in [0, 0.05) is 13.8 Å². The molecule has 1 heterocycles. The van der Waals surface area contributed by atoms with Crippen LogP contribution in [0.15, 0.2) is 0 Å². The van der Waals surface area contributed by atoms with Crippen LogP contribution in [0.3, 0.4) is 0 Å². The van der Waals surface area contributed by atoms with Crippen molar-refractivity contribution in [1.29, 1.82) is 0 Å². The van der Waals surface area contributed by atoms with Crippen LogP contribution in [-0.4, -0.2) is 36.7 Å². The predicted octanol–water partition coefficient (Wildman–Crippen LogP) is 4.91. The summed E-state index contributed by atoms with van der Waals surface area (Å²) in [5, 5.41) is 2.83. The SMILES string of the molecule is CCCCCCCCCCCCCC[C@@H]1OC[C@H](NC(C)=O)[C@@H]1OC(C)=O. The van der Waals surface area contributed by atoms with E-state index in [-0.39, 0.29) is 30.1 Å². The van der Waals surface area contributed by atoms with Gasteiger partial charge in [-0.2, -0.15) is 0 Å². The maximum Gasteiger partial charge on any atom is 0.303 e. The van der Waals surface area contributed by atoms with Crippen molar-refractivity contribution in [2.24, 2.45) is 0 Å². The number of hydrogen-bond donors (Lipinski definition) is 1. The number of unbranched alkanes of at least 4 members (excludes halogenated alkanes) is 11. The molecular weight excluding hydrogens is 342 g/mol. The molecule has 1 fully saturated rings. The van der Waals surface area contributed by atoms with E-state index in [0.717, 1.165) is 12.8 Å². The summed E-state index contributed by atoms with van der Waals surface area (Å²) < 4.78 is 11.2. The Labute approximate surface area is 165 Å². The highest BCUT2D eigenvalue weighted by Gasteiger charge is 2.39. The maximum atomic E-state index is 11.4. The molecule has 1 saturated heterocycles. The van der Waals surface area contributed by atoms with Gasteiger partial charge in [-0.1, -0.05) is 84.0 Å². The molecule has 27 heavy (non-hydrogen) atoms. The molecule has 1 aliphatic heterocycles. The topological polar surface area (TPSA) is 64.6 Å². The van der Waals surface area contributed by atoms with Gasteiger partial charge < -0.3 is 14.8 Å². The van der Waals surface area contributed by atoms with E-state index >= 15 is 0 Å². The molecule has 0 radical (unpaired) electrons. The van der Waals surface area contributed by atoms with E-state index in [1.807, 2.05) is 0 Å². The van der Waals surface area contributed by atoms with Crippen LogP contribution in [0, 0.1) is 0 Å². The molecule has 1 rings (SSSR count). The molecule has 1 N–H and O–H groups in total. The Hall–Kier alpha value is -1.10. The van der Waals surface area contributed by atoms with Gasteiger partial charge in [-0.05, 0) is 6.42 Å². The lowest BCUT2D eigenvalue weighted by molar-refractivity contribution is -0.150. The Morgan fingerprint density at radius 3 is 1.89 bits per heavy atom. The molecule has 1 aliphatic rings. The van der Waals surface area contributed by atoms with Crippen molar-refractivity contribution < 1.29 is 19.1 Å². The molecule has 1 amide bonds. The van der Waals surface area contributed by atoms with Gasteiger partial charge in [0.1, 0.15) is 0 Å². The van der Waals surface area contributed by atoms with Crippen LogP contribution >= 0.6 is 0 Å². The molecule has 0 unspecified atom stereocenters.